The Morgan fingerprint density at radius 1 is 1.43 bits per heavy atom. The first-order chi connectivity index (χ1) is 10.9. The van der Waals surface area contributed by atoms with Crippen LogP contribution in [-0.4, -0.2) is 41.2 Å². The molecule has 1 saturated heterocycles. The molecule has 128 valence electrons. The predicted octanol–water partition coefficient (Wildman–Crippen LogP) is 3.03. The summed E-state index contributed by atoms with van der Waals surface area (Å²) in [6, 6.07) is 4.50. The number of phenolic OH excluding ortho intramolecular Hbond substituents is 1. The molecule has 0 radical (unpaired) electrons. The molecule has 2 rings (SSSR count). The van der Waals surface area contributed by atoms with Crippen LogP contribution in [-0.2, 0) is 4.74 Å². The lowest BCUT2D eigenvalue weighted by Gasteiger charge is -2.40. The van der Waals surface area contributed by atoms with E-state index in [1.165, 1.54) is 12.1 Å². The molecule has 23 heavy (non-hydrogen) atoms. The third-order valence-corrected chi connectivity index (χ3v) is 4.37. The molecule has 1 aliphatic heterocycles. The topological polar surface area (TPSA) is 75.8 Å². The van der Waals surface area contributed by atoms with E-state index in [-0.39, 0.29) is 23.9 Å². The molecule has 0 saturated carbocycles. The molecule has 0 unspecified atom stereocenters. The van der Waals surface area contributed by atoms with Gasteiger partial charge in [0.25, 0.3) is 5.91 Å². The number of benzene rings is 1. The maximum Gasteiger partial charge on any atom is 0.256 e. The number of hydrogen-bond acceptors (Lipinski definition) is 4. The number of rotatable bonds is 5. The fourth-order valence-corrected chi connectivity index (χ4v) is 2.90. The highest BCUT2D eigenvalue weighted by atomic mass is 16.5. The second kappa shape index (κ2) is 7.68. The van der Waals surface area contributed by atoms with Gasteiger partial charge in [-0.1, -0.05) is 33.6 Å². The quantitative estimate of drug-likeness (QED) is 0.646. The Morgan fingerprint density at radius 3 is 2.83 bits per heavy atom. The molecule has 1 heterocycles. The third-order valence-electron chi connectivity index (χ3n) is 4.37. The summed E-state index contributed by atoms with van der Waals surface area (Å²) in [7, 11) is 0. The Morgan fingerprint density at radius 2 is 2.17 bits per heavy atom. The summed E-state index contributed by atoms with van der Waals surface area (Å²) in [4.78, 5) is 14.7. The van der Waals surface area contributed by atoms with Crippen LogP contribution in [0, 0.1) is 5.92 Å². The van der Waals surface area contributed by atoms with Gasteiger partial charge in [0.2, 0.25) is 0 Å². The van der Waals surface area contributed by atoms with Crippen molar-refractivity contribution in [2.75, 3.05) is 18.8 Å². The van der Waals surface area contributed by atoms with Gasteiger partial charge in [-0.15, -0.1) is 0 Å². The van der Waals surface area contributed by atoms with E-state index in [1.54, 1.807) is 6.07 Å². The van der Waals surface area contributed by atoms with Crippen LogP contribution in [0.15, 0.2) is 18.2 Å². The lowest BCUT2D eigenvalue weighted by molar-refractivity contribution is -0.0962. The van der Waals surface area contributed by atoms with Crippen molar-refractivity contribution in [3.63, 3.8) is 0 Å². The van der Waals surface area contributed by atoms with E-state index in [0.717, 1.165) is 19.3 Å². The van der Waals surface area contributed by atoms with Crippen molar-refractivity contribution in [3.8, 4) is 5.75 Å². The minimum Gasteiger partial charge on any atom is -0.508 e. The van der Waals surface area contributed by atoms with Crippen LogP contribution in [0.5, 0.6) is 5.75 Å². The SMILES string of the molecule is CCCC[C@@H]1CN(C(=O)c2cc(O)ccc2N)C[C@H](C(C)C)O1. The average molecular weight is 320 g/mol. The summed E-state index contributed by atoms with van der Waals surface area (Å²) in [6.07, 6.45) is 3.26. The van der Waals surface area contributed by atoms with Crippen LogP contribution in [0.3, 0.4) is 0 Å². The van der Waals surface area contributed by atoms with E-state index >= 15 is 0 Å². The normalized spacial score (nSPS) is 21.7. The van der Waals surface area contributed by atoms with Crippen LogP contribution < -0.4 is 5.73 Å². The Labute approximate surface area is 138 Å². The number of nitrogens with two attached hydrogens (primary N) is 1. The number of ether oxygens (including phenoxy) is 1. The summed E-state index contributed by atoms with van der Waals surface area (Å²) in [5.41, 5.74) is 6.67. The van der Waals surface area contributed by atoms with Gasteiger partial charge >= 0.3 is 0 Å². The fourth-order valence-electron chi connectivity index (χ4n) is 2.90. The molecule has 0 aliphatic carbocycles. The van der Waals surface area contributed by atoms with Gasteiger partial charge in [-0.25, -0.2) is 0 Å². The molecule has 1 aromatic rings. The first-order valence-corrected chi connectivity index (χ1v) is 8.45. The number of nitrogen functional groups attached to an aromatic ring is 1. The second-order valence-electron chi connectivity index (χ2n) is 6.66. The van der Waals surface area contributed by atoms with Crippen molar-refractivity contribution in [2.45, 2.75) is 52.2 Å². The second-order valence-corrected chi connectivity index (χ2v) is 6.66. The zero-order chi connectivity index (χ0) is 17.0. The van der Waals surface area contributed by atoms with Gasteiger partial charge in [0.15, 0.2) is 0 Å². The van der Waals surface area contributed by atoms with Crippen molar-refractivity contribution in [2.24, 2.45) is 5.92 Å². The first-order valence-electron chi connectivity index (χ1n) is 8.45. The van der Waals surface area contributed by atoms with Gasteiger partial charge in [-0.3, -0.25) is 4.79 Å². The Kier molecular flexibility index (Phi) is 5.88. The van der Waals surface area contributed by atoms with Crippen LogP contribution in [0.4, 0.5) is 5.69 Å². The van der Waals surface area contributed by atoms with Crippen LogP contribution in [0.25, 0.3) is 0 Å². The van der Waals surface area contributed by atoms with Crippen molar-refractivity contribution in [3.05, 3.63) is 23.8 Å². The van der Waals surface area contributed by atoms with Gasteiger partial charge < -0.3 is 20.5 Å². The minimum atomic E-state index is -0.131. The molecule has 2 atom stereocenters. The first kappa shape index (κ1) is 17.6. The van der Waals surface area contributed by atoms with Crippen LogP contribution in [0.1, 0.15) is 50.4 Å². The number of phenols is 1. The lowest BCUT2D eigenvalue weighted by Crippen LogP contribution is -2.51. The summed E-state index contributed by atoms with van der Waals surface area (Å²) in [6.45, 7) is 7.51. The number of carbonyl (C=O) groups excluding carboxylic acids is 1. The summed E-state index contributed by atoms with van der Waals surface area (Å²) < 4.78 is 6.15. The smallest absolute Gasteiger partial charge is 0.256 e. The number of unbranched alkanes of at least 4 members (excludes halogenated alkanes) is 1. The van der Waals surface area contributed by atoms with E-state index in [2.05, 4.69) is 20.8 Å². The highest BCUT2D eigenvalue weighted by molar-refractivity contribution is 5.99. The van der Waals surface area contributed by atoms with Crippen LogP contribution in [0.2, 0.25) is 0 Å². The molecule has 0 aromatic heterocycles. The maximum atomic E-state index is 12.8. The number of amides is 1. The van der Waals surface area contributed by atoms with Gasteiger partial charge in [0.05, 0.1) is 17.8 Å². The predicted molar refractivity (Wildman–Crippen MR) is 91.4 cm³/mol. The van der Waals surface area contributed by atoms with Gasteiger partial charge in [0, 0.05) is 18.8 Å². The van der Waals surface area contributed by atoms with Crippen molar-refractivity contribution >= 4 is 11.6 Å². The zero-order valence-corrected chi connectivity index (χ0v) is 14.3. The number of aromatic hydroxyl groups is 1. The van der Waals surface area contributed by atoms with Crippen LogP contribution >= 0.6 is 0 Å². The highest BCUT2D eigenvalue weighted by Gasteiger charge is 2.32. The van der Waals surface area contributed by atoms with E-state index in [1.807, 2.05) is 4.90 Å². The number of hydrogen-bond donors (Lipinski definition) is 2. The van der Waals surface area contributed by atoms with Crippen molar-refractivity contribution in [1.29, 1.82) is 0 Å². The minimum absolute atomic E-state index is 0.0353. The van der Waals surface area contributed by atoms with Gasteiger partial charge in [-0.05, 0) is 30.5 Å². The molecule has 0 bridgehead atoms. The summed E-state index contributed by atoms with van der Waals surface area (Å²) in [5.74, 6) is 0.267. The molecule has 1 amide bonds. The molecular formula is C18H28N2O3. The van der Waals surface area contributed by atoms with E-state index in [9.17, 15) is 9.90 Å². The number of morpholine rings is 1. The molecule has 1 aromatic carbocycles. The molecule has 0 spiro atoms. The Hall–Kier alpha value is -1.75. The number of nitrogens with zero attached hydrogens (tertiary/aromatic N) is 1. The standard InChI is InChI=1S/C18H28N2O3/c1-4-5-6-14-10-20(11-17(23-14)12(2)3)18(22)15-9-13(21)7-8-16(15)19/h7-9,12,14,17,21H,4-6,10-11,19H2,1-3H3/t14-,17-/m1/s1. The van der Waals surface area contributed by atoms with Gasteiger partial charge in [-0.2, -0.15) is 0 Å². The third kappa shape index (κ3) is 4.38. The molecule has 5 nitrogen and oxygen atoms in total. The molecule has 3 N–H and O–H groups in total. The Balaban J connectivity index is 2.18. The van der Waals surface area contributed by atoms with E-state index in [0.29, 0.717) is 30.3 Å². The lowest BCUT2D eigenvalue weighted by atomic mass is 10.0. The number of carbonyl (C=O) groups is 1. The molecular weight excluding hydrogens is 292 g/mol. The largest absolute Gasteiger partial charge is 0.508 e. The summed E-state index contributed by atoms with van der Waals surface area (Å²) in [5, 5.41) is 9.64. The molecule has 1 aliphatic rings. The molecule has 5 heteroatoms. The monoisotopic (exact) mass is 320 g/mol. The fraction of sp³-hybridized carbons (Fsp3) is 0.611. The highest BCUT2D eigenvalue weighted by Crippen LogP contribution is 2.25. The average Bonchev–Trinajstić information content (AvgIpc) is 2.54. The number of anilines is 1. The summed E-state index contributed by atoms with van der Waals surface area (Å²) >= 11 is 0. The van der Waals surface area contributed by atoms with Crippen molar-refractivity contribution < 1.29 is 14.6 Å². The molecule has 1 fully saturated rings. The Bertz CT molecular complexity index is 545. The van der Waals surface area contributed by atoms with E-state index < -0.39 is 0 Å². The van der Waals surface area contributed by atoms with Crippen molar-refractivity contribution in [1.82, 2.24) is 4.90 Å². The maximum absolute atomic E-state index is 12.8. The zero-order valence-electron chi connectivity index (χ0n) is 14.3. The van der Waals surface area contributed by atoms with E-state index in [4.69, 9.17) is 10.5 Å². The van der Waals surface area contributed by atoms with Gasteiger partial charge in [0.1, 0.15) is 5.75 Å².